The topological polar surface area (TPSA) is 64.8 Å². The minimum Gasteiger partial charge on any atom is -0.486 e. The van der Waals surface area contributed by atoms with Crippen molar-refractivity contribution in [1.29, 1.82) is 0 Å². The lowest BCUT2D eigenvalue weighted by molar-refractivity contribution is -0.131. The Morgan fingerprint density at radius 3 is 2.83 bits per heavy atom. The summed E-state index contributed by atoms with van der Waals surface area (Å²) in [5.41, 5.74) is 0.755. The van der Waals surface area contributed by atoms with Crippen molar-refractivity contribution in [1.82, 2.24) is 10.1 Å². The molecule has 2 aromatic rings. The molecular formula is C17H20N2O4S. The molecule has 3 rings (SSSR count). The standard InChI is InChI=1S/C17H20N2O4S/c1-12(14-5-7-23-18-14)19(2)17(20)6-10-24-13-3-4-15-16(11-13)22-9-8-21-15/h3-5,7,11-12H,6,8-10H2,1-2H3/t12-/m0/s1. The molecule has 0 radical (unpaired) electrons. The lowest BCUT2D eigenvalue weighted by atomic mass is 10.2. The first-order chi connectivity index (χ1) is 11.6. The number of hydrogen-bond donors (Lipinski definition) is 0. The van der Waals surface area contributed by atoms with E-state index in [-0.39, 0.29) is 11.9 Å². The normalized spacial score (nSPS) is 14.2. The number of carbonyl (C=O) groups is 1. The van der Waals surface area contributed by atoms with Crippen LogP contribution in [-0.2, 0) is 4.79 Å². The summed E-state index contributed by atoms with van der Waals surface area (Å²) in [6.07, 6.45) is 1.97. The summed E-state index contributed by atoms with van der Waals surface area (Å²) in [6, 6.07) is 7.54. The average Bonchev–Trinajstić information content (AvgIpc) is 3.15. The quantitative estimate of drug-likeness (QED) is 0.747. The zero-order valence-electron chi connectivity index (χ0n) is 13.7. The minimum absolute atomic E-state index is 0.0792. The van der Waals surface area contributed by atoms with E-state index < -0.39 is 0 Å². The van der Waals surface area contributed by atoms with Crippen LogP contribution in [0.5, 0.6) is 11.5 Å². The van der Waals surface area contributed by atoms with Crippen LogP contribution in [0.25, 0.3) is 0 Å². The van der Waals surface area contributed by atoms with Gasteiger partial charge in [-0.2, -0.15) is 0 Å². The van der Waals surface area contributed by atoms with Gasteiger partial charge in [-0.25, -0.2) is 0 Å². The number of nitrogens with zero attached hydrogens (tertiary/aromatic N) is 2. The first-order valence-corrected chi connectivity index (χ1v) is 8.82. The molecule has 0 fully saturated rings. The molecule has 7 heteroatoms. The highest BCUT2D eigenvalue weighted by atomic mass is 32.2. The van der Waals surface area contributed by atoms with Gasteiger partial charge in [0.05, 0.1) is 6.04 Å². The van der Waals surface area contributed by atoms with Gasteiger partial charge in [-0.1, -0.05) is 5.16 Å². The molecule has 0 saturated heterocycles. The number of amides is 1. The number of thioether (sulfide) groups is 1. The Labute approximate surface area is 145 Å². The van der Waals surface area contributed by atoms with Gasteiger partial charge in [0.15, 0.2) is 11.5 Å². The van der Waals surface area contributed by atoms with Gasteiger partial charge in [0.1, 0.15) is 25.2 Å². The number of carbonyl (C=O) groups excluding carboxylic acids is 1. The summed E-state index contributed by atoms with van der Waals surface area (Å²) >= 11 is 1.63. The van der Waals surface area contributed by atoms with E-state index in [0.717, 1.165) is 22.1 Å². The van der Waals surface area contributed by atoms with E-state index in [1.54, 1.807) is 29.8 Å². The third-order valence-electron chi connectivity index (χ3n) is 3.96. The summed E-state index contributed by atoms with van der Waals surface area (Å²) in [5.74, 6) is 2.33. The van der Waals surface area contributed by atoms with E-state index >= 15 is 0 Å². The Morgan fingerprint density at radius 2 is 2.08 bits per heavy atom. The van der Waals surface area contributed by atoms with Gasteiger partial charge in [-0.15, -0.1) is 11.8 Å². The number of hydrogen-bond acceptors (Lipinski definition) is 6. The number of benzene rings is 1. The second kappa shape index (κ2) is 7.61. The monoisotopic (exact) mass is 348 g/mol. The molecule has 1 aliphatic heterocycles. The molecule has 1 aromatic carbocycles. The molecule has 2 heterocycles. The predicted octanol–water partition coefficient (Wildman–Crippen LogP) is 3.15. The van der Waals surface area contributed by atoms with Crippen LogP contribution in [0, 0.1) is 0 Å². The molecule has 0 unspecified atom stereocenters. The highest BCUT2D eigenvalue weighted by molar-refractivity contribution is 7.99. The summed E-state index contributed by atoms with van der Waals surface area (Å²) < 4.78 is 15.9. The Morgan fingerprint density at radius 1 is 1.29 bits per heavy atom. The van der Waals surface area contributed by atoms with Crippen molar-refractivity contribution in [3.63, 3.8) is 0 Å². The molecule has 1 aliphatic rings. The van der Waals surface area contributed by atoms with E-state index in [1.807, 2.05) is 25.1 Å². The molecule has 0 bridgehead atoms. The number of rotatable bonds is 6. The average molecular weight is 348 g/mol. The molecule has 0 aliphatic carbocycles. The van der Waals surface area contributed by atoms with Crippen LogP contribution in [0.15, 0.2) is 39.9 Å². The van der Waals surface area contributed by atoms with Gasteiger partial charge in [0.2, 0.25) is 5.91 Å². The van der Waals surface area contributed by atoms with Crippen LogP contribution >= 0.6 is 11.8 Å². The van der Waals surface area contributed by atoms with Gasteiger partial charge in [0.25, 0.3) is 0 Å². The first kappa shape index (κ1) is 16.7. The summed E-state index contributed by atoms with van der Waals surface area (Å²) in [4.78, 5) is 15.1. The lowest BCUT2D eigenvalue weighted by Crippen LogP contribution is -2.30. The van der Waals surface area contributed by atoms with Crippen LogP contribution in [0.2, 0.25) is 0 Å². The van der Waals surface area contributed by atoms with Crippen molar-refractivity contribution in [2.45, 2.75) is 24.3 Å². The van der Waals surface area contributed by atoms with E-state index in [2.05, 4.69) is 5.16 Å². The summed E-state index contributed by atoms with van der Waals surface area (Å²) in [6.45, 7) is 3.10. The lowest BCUT2D eigenvalue weighted by Gasteiger charge is -2.23. The largest absolute Gasteiger partial charge is 0.486 e. The predicted molar refractivity (Wildman–Crippen MR) is 90.5 cm³/mol. The number of ether oxygens (including phenoxy) is 2. The second-order valence-corrected chi connectivity index (χ2v) is 6.68. The van der Waals surface area contributed by atoms with Gasteiger partial charge in [-0.3, -0.25) is 4.79 Å². The van der Waals surface area contributed by atoms with Crippen molar-refractivity contribution >= 4 is 17.7 Å². The van der Waals surface area contributed by atoms with Gasteiger partial charge in [-0.05, 0) is 25.1 Å². The zero-order valence-corrected chi connectivity index (χ0v) is 14.5. The van der Waals surface area contributed by atoms with Gasteiger partial charge in [0, 0.05) is 30.2 Å². The third-order valence-corrected chi connectivity index (χ3v) is 4.95. The fraction of sp³-hybridized carbons (Fsp3) is 0.412. The fourth-order valence-electron chi connectivity index (χ4n) is 2.40. The van der Waals surface area contributed by atoms with Crippen molar-refractivity contribution in [3.05, 3.63) is 36.2 Å². The second-order valence-electron chi connectivity index (χ2n) is 5.51. The van der Waals surface area contributed by atoms with Crippen LogP contribution in [0.4, 0.5) is 0 Å². The van der Waals surface area contributed by atoms with Crippen molar-refractivity contribution in [2.75, 3.05) is 26.0 Å². The Bertz CT molecular complexity index is 690. The highest BCUT2D eigenvalue weighted by Gasteiger charge is 2.19. The molecule has 1 amide bonds. The Balaban J connectivity index is 1.50. The molecular weight excluding hydrogens is 328 g/mol. The molecule has 0 spiro atoms. The highest BCUT2D eigenvalue weighted by Crippen LogP contribution is 2.34. The molecule has 6 nitrogen and oxygen atoms in total. The Kier molecular flexibility index (Phi) is 5.30. The maximum atomic E-state index is 12.3. The molecule has 0 N–H and O–H groups in total. The number of fused-ring (bicyclic) bond motifs is 1. The summed E-state index contributed by atoms with van der Waals surface area (Å²) in [7, 11) is 1.79. The van der Waals surface area contributed by atoms with Crippen LogP contribution in [0.1, 0.15) is 25.1 Å². The minimum atomic E-state index is -0.101. The maximum Gasteiger partial charge on any atom is 0.223 e. The fourth-order valence-corrected chi connectivity index (χ4v) is 3.26. The molecule has 1 atom stereocenters. The van der Waals surface area contributed by atoms with Crippen LogP contribution < -0.4 is 9.47 Å². The Hall–Kier alpha value is -2.15. The smallest absolute Gasteiger partial charge is 0.223 e. The van der Waals surface area contributed by atoms with Crippen molar-refractivity contribution in [2.24, 2.45) is 0 Å². The zero-order chi connectivity index (χ0) is 16.9. The molecule has 24 heavy (non-hydrogen) atoms. The molecule has 128 valence electrons. The van der Waals surface area contributed by atoms with Crippen LogP contribution in [0.3, 0.4) is 0 Å². The van der Waals surface area contributed by atoms with Gasteiger partial charge >= 0.3 is 0 Å². The van der Waals surface area contributed by atoms with Crippen LogP contribution in [-0.4, -0.2) is 42.0 Å². The SMILES string of the molecule is C[C@@H](c1ccon1)N(C)C(=O)CCSc1ccc2c(c1)OCCO2. The van der Waals surface area contributed by atoms with Crippen molar-refractivity contribution < 1.29 is 18.8 Å². The molecule has 1 aromatic heterocycles. The van der Waals surface area contributed by atoms with E-state index in [1.165, 1.54) is 6.26 Å². The maximum absolute atomic E-state index is 12.3. The molecule has 0 saturated carbocycles. The number of aromatic nitrogens is 1. The van der Waals surface area contributed by atoms with E-state index in [0.29, 0.717) is 25.4 Å². The van der Waals surface area contributed by atoms with E-state index in [9.17, 15) is 4.79 Å². The van der Waals surface area contributed by atoms with E-state index in [4.69, 9.17) is 14.0 Å². The third kappa shape index (κ3) is 3.84. The summed E-state index contributed by atoms with van der Waals surface area (Å²) in [5, 5.41) is 3.89. The van der Waals surface area contributed by atoms with Gasteiger partial charge < -0.3 is 18.9 Å². The first-order valence-electron chi connectivity index (χ1n) is 7.83. The van der Waals surface area contributed by atoms with Crippen molar-refractivity contribution in [3.8, 4) is 11.5 Å².